The van der Waals surface area contributed by atoms with Gasteiger partial charge in [0.15, 0.2) is 17.1 Å². The van der Waals surface area contributed by atoms with Gasteiger partial charge in [-0.3, -0.25) is 14.6 Å². The molecule has 0 bridgehead atoms. The second-order valence-corrected chi connectivity index (χ2v) is 9.10. The minimum atomic E-state index is -0.267. The van der Waals surface area contributed by atoms with Gasteiger partial charge in [-0.2, -0.15) is 0 Å². The highest BCUT2D eigenvalue weighted by Crippen LogP contribution is 2.33. The summed E-state index contributed by atoms with van der Waals surface area (Å²) in [6, 6.07) is 6.13. The number of nitrogens with zero attached hydrogens (tertiary/aromatic N) is 5. The second-order valence-electron chi connectivity index (χ2n) is 8.09. The standard InChI is InChI=1S/C22H26N6O4S.H2O/c1-15(29)32-17(11-33-22-20-21(24-12-23-20)25-13-26-22)10-28-6-4-27(5-7-28)9-16-2-3-18-19(8-16)31-14-30-18;/h2-3,8,12-13,17H,4-7,9-11,14H2,1H3,(H,23,24,25,26);1H2. The minimum Gasteiger partial charge on any atom is -0.460 e. The lowest BCUT2D eigenvalue weighted by Gasteiger charge is -2.36. The number of aromatic amines is 1. The van der Waals surface area contributed by atoms with Crippen LogP contribution in [0.25, 0.3) is 11.2 Å². The van der Waals surface area contributed by atoms with Crippen molar-refractivity contribution < 1.29 is 24.5 Å². The maximum absolute atomic E-state index is 11.7. The summed E-state index contributed by atoms with van der Waals surface area (Å²) in [6.07, 6.45) is 2.89. The van der Waals surface area contributed by atoms with Crippen LogP contribution in [0.2, 0.25) is 0 Å². The van der Waals surface area contributed by atoms with Crippen LogP contribution in [0.3, 0.4) is 0 Å². The van der Waals surface area contributed by atoms with Gasteiger partial charge < -0.3 is 24.7 Å². The van der Waals surface area contributed by atoms with Gasteiger partial charge in [-0.05, 0) is 17.7 Å². The summed E-state index contributed by atoms with van der Waals surface area (Å²) in [5.41, 5.74) is 2.66. The van der Waals surface area contributed by atoms with Crippen molar-refractivity contribution in [2.75, 3.05) is 45.3 Å². The Hall–Kier alpha value is -2.93. The molecule has 0 spiro atoms. The molecule has 3 aromatic rings. The van der Waals surface area contributed by atoms with Crippen molar-refractivity contribution in [2.45, 2.75) is 24.6 Å². The van der Waals surface area contributed by atoms with E-state index in [0.717, 1.165) is 54.8 Å². The summed E-state index contributed by atoms with van der Waals surface area (Å²) in [5.74, 6) is 1.98. The van der Waals surface area contributed by atoms with Crippen LogP contribution < -0.4 is 9.47 Å². The number of carbonyl (C=O) groups excluding carboxylic acids is 1. The number of hydrogen-bond acceptors (Lipinski definition) is 10. The van der Waals surface area contributed by atoms with Crippen molar-refractivity contribution in [2.24, 2.45) is 0 Å². The zero-order valence-electron chi connectivity index (χ0n) is 18.9. The van der Waals surface area contributed by atoms with E-state index in [4.69, 9.17) is 14.2 Å². The molecular weight excluding hydrogens is 460 g/mol. The Bertz CT molecular complexity index is 1120. The Morgan fingerprint density at radius 1 is 1.15 bits per heavy atom. The van der Waals surface area contributed by atoms with E-state index in [1.165, 1.54) is 18.8 Å². The van der Waals surface area contributed by atoms with Crippen molar-refractivity contribution in [3.63, 3.8) is 0 Å². The third kappa shape index (κ3) is 5.76. The molecule has 4 heterocycles. The Morgan fingerprint density at radius 3 is 2.76 bits per heavy atom. The van der Waals surface area contributed by atoms with Crippen LogP contribution >= 0.6 is 11.8 Å². The molecule has 34 heavy (non-hydrogen) atoms. The molecular formula is C22H28N6O5S. The van der Waals surface area contributed by atoms with Crippen LogP contribution in [0.5, 0.6) is 11.5 Å². The third-order valence-electron chi connectivity index (χ3n) is 5.70. The van der Waals surface area contributed by atoms with Gasteiger partial charge in [-0.1, -0.05) is 6.07 Å². The van der Waals surface area contributed by atoms with Gasteiger partial charge in [0.05, 0.1) is 6.33 Å². The largest absolute Gasteiger partial charge is 0.460 e. The maximum Gasteiger partial charge on any atom is 0.302 e. The number of benzene rings is 1. The first-order valence-electron chi connectivity index (χ1n) is 10.9. The van der Waals surface area contributed by atoms with E-state index in [1.54, 1.807) is 18.1 Å². The first-order chi connectivity index (χ1) is 16.1. The normalized spacial score (nSPS) is 16.9. The number of H-pyrrole nitrogens is 1. The molecule has 11 nitrogen and oxygen atoms in total. The van der Waals surface area contributed by atoms with Crippen molar-refractivity contribution in [3.8, 4) is 11.5 Å². The van der Waals surface area contributed by atoms with E-state index in [2.05, 4.69) is 41.9 Å². The molecule has 1 unspecified atom stereocenters. The summed E-state index contributed by atoms with van der Waals surface area (Å²) >= 11 is 1.55. The molecule has 3 N–H and O–H groups in total. The molecule has 5 rings (SSSR count). The van der Waals surface area contributed by atoms with E-state index < -0.39 is 0 Å². The summed E-state index contributed by atoms with van der Waals surface area (Å²) in [4.78, 5) is 32.2. The van der Waals surface area contributed by atoms with Gasteiger partial charge in [0.25, 0.3) is 0 Å². The fraction of sp³-hybridized carbons (Fsp3) is 0.455. The van der Waals surface area contributed by atoms with Crippen molar-refractivity contribution in [1.29, 1.82) is 0 Å². The Kier molecular flexibility index (Phi) is 7.83. The van der Waals surface area contributed by atoms with E-state index in [-0.39, 0.29) is 17.5 Å². The number of ether oxygens (including phenoxy) is 3. The lowest BCUT2D eigenvalue weighted by atomic mass is 10.1. The average Bonchev–Trinajstić information content (AvgIpc) is 3.47. The topological polar surface area (TPSA) is 137 Å². The zero-order valence-corrected chi connectivity index (χ0v) is 19.7. The molecule has 1 fully saturated rings. The number of rotatable bonds is 8. The minimum absolute atomic E-state index is 0. The number of fused-ring (bicyclic) bond motifs is 2. The van der Waals surface area contributed by atoms with Crippen LogP contribution in [0.15, 0.2) is 35.9 Å². The van der Waals surface area contributed by atoms with E-state index in [1.807, 2.05) is 6.07 Å². The van der Waals surface area contributed by atoms with Gasteiger partial charge in [0.1, 0.15) is 23.0 Å². The summed E-state index contributed by atoms with van der Waals surface area (Å²) in [6.45, 7) is 7.08. The highest BCUT2D eigenvalue weighted by Gasteiger charge is 2.23. The average molecular weight is 489 g/mol. The third-order valence-corrected chi connectivity index (χ3v) is 6.82. The fourth-order valence-electron chi connectivity index (χ4n) is 4.10. The lowest BCUT2D eigenvalue weighted by molar-refractivity contribution is -0.146. The van der Waals surface area contributed by atoms with E-state index in [9.17, 15) is 4.79 Å². The highest BCUT2D eigenvalue weighted by atomic mass is 32.2. The number of piperazine rings is 1. The fourth-order valence-corrected chi connectivity index (χ4v) is 5.03. The number of thioether (sulfide) groups is 1. The number of carbonyl (C=O) groups is 1. The first kappa shape index (κ1) is 24.2. The molecule has 2 aliphatic rings. The van der Waals surface area contributed by atoms with Crippen LogP contribution in [-0.4, -0.2) is 92.6 Å². The molecule has 1 atom stereocenters. The predicted octanol–water partition coefficient (Wildman–Crippen LogP) is 1.10. The second kappa shape index (κ2) is 11.0. The van der Waals surface area contributed by atoms with Crippen molar-refractivity contribution in [3.05, 3.63) is 36.4 Å². The zero-order chi connectivity index (χ0) is 22.6. The molecule has 0 aliphatic carbocycles. The smallest absolute Gasteiger partial charge is 0.302 e. The summed E-state index contributed by atoms with van der Waals surface area (Å²) < 4.78 is 16.5. The maximum atomic E-state index is 11.7. The molecule has 1 aromatic carbocycles. The SMILES string of the molecule is CC(=O)OC(CSc1ncnc2nc[nH]c12)CN1CCN(Cc2ccc3c(c2)OCO3)CC1.O. The predicted molar refractivity (Wildman–Crippen MR) is 126 cm³/mol. The molecule has 0 saturated carbocycles. The van der Waals surface area contributed by atoms with Crippen LogP contribution in [0, 0.1) is 0 Å². The Balaban J connectivity index is 0.00000274. The van der Waals surface area contributed by atoms with Crippen LogP contribution in [0.1, 0.15) is 12.5 Å². The number of esters is 1. The Morgan fingerprint density at radius 2 is 1.94 bits per heavy atom. The quantitative estimate of drug-likeness (QED) is 0.279. The van der Waals surface area contributed by atoms with Crippen molar-refractivity contribution >= 4 is 28.9 Å². The first-order valence-corrected chi connectivity index (χ1v) is 11.9. The monoisotopic (exact) mass is 488 g/mol. The molecule has 182 valence electrons. The number of hydrogen-bond donors (Lipinski definition) is 1. The highest BCUT2D eigenvalue weighted by molar-refractivity contribution is 7.99. The molecule has 2 aliphatic heterocycles. The van der Waals surface area contributed by atoms with Gasteiger partial charge in [-0.25, -0.2) is 15.0 Å². The van der Waals surface area contributed by atoms with E-state index >= 15 is 0 Å². The lowest BCUT2D eigenvalue weighted by Crippen LogP contribution is -2.49. The van der Waals surface area contributed by atoms with Gasteiger partial charge in [0.2, 0.25) is 6.79 Å². The number of imidazole rings is 1. The van der Waals surface area contributed by atoms with Gasteiger partial charge in [-0.15, -0.1) is 11.8 Å². The van der Waals surface area contributed by atoms with Gasteiger partial charge >= 0.3 is 5.97 Å². The number of nitrogens with one attached hydrogen (secondary N) is 1. The summed E-state index contributed by atoms with van der Waals surface area (Å²) in [5, 5.41) is 0.809. The Labute approximate surface area is 201 Å². The van der Waals surface area contributed by atoms with Crippen molar-refractivity contribution in [1.82, 2.24) is 29.7 Å². The molecule has 1 saturated heterocycles. The molecule has 12 heteroatoms. The van der Waals surface area contributed by atoms with E-state index in [0.29, 0.717) is 24.7 Å². The molecule has 0 amide bonds. The van der Waals surface area contributed by atoms with Gasteiger partial charge in [0, 0.05) is 51.9 Å². The van der Waals surface area contributed by atoms with Crippen LogP contribution in [-0.2, 0) is 16.1 Å². The molecule has 0 radical (unpaired) electrons. The molecule has 2 aromatic heterocycles. The number of aromatic nitrogens is 4. The summed E-state index contributed by atoms with van der Waals surface area (Å²) in [7, 11) is 0. The van der Waals surface area contributed by atoms with Crippen LogP contribution in [0.4, 0.5) is 0 Å².